The maximum Gasteiger partial charge on any atom is 0.216 e. The van der Waals surface area contributed by atoms with Crippen LogP contribution >= 0.6 is 0 Å². The predicted molar refractivity (Wildman–Crippen MR) is 86.1 cm³/mol. The van der Waals surface area contributed by atoms with Crippen LogP contribution in [-0.2, 0) is 11.3 Å². The van der Waals surface area contributed by atoms with Crippen LogP contribution < -0.4 is 10.6 Å². The number of hydrogen-bond acceptors (Lipinski definition) is 5. The zero-order valence-electron chi connectivity index (χ0n) is 13.8. The van der Waals surface area contributed by atoms with Crippen LogP contribution in [0.3, 0.4) is 0 Å². The number of morpholine rings is 1. The number of aliphatic imine (C=N–C) groups is 1. The second-order valence-corrected chi connectivity index (χ2v) is 5.33. The van der Waals surface area contributed by atoms with Crippen molar-refractivity contribution in [1.82, 2.24) is 20.5 Å². The molecule has 0 aromatic carbocycles. The van der Waals surface area contributed by atoms with E-state index in [0.29, 0.717) is 12.4 Å². The normalized spacial score (nSPS) is 16.8. The van der Waals surface area contributed by atoms with Gasteiger partial charge in [-0.25, -0.2) is 9.98 Å². The van der Waals surface area contributed by atoms with Crippen molar-refractivity contribution in [1.29, 1.82) is 0 Å². The van der Waals surface area contributed by atoms with Crippen molar-refractivity contribution < 1.29 is 9.15 Å². The molecule has 1 aromatic heterocycles. The number of oxazole rings is 1. The van der Waals surface area contributed by atoms with Gasteiger partial charge in [-0.3, -0.25) is 4.90 Å². The number of hydrogen-bond donors (Lipinski definition) is 2. The SMILES string of the molecule is CCNC(=NCc1nc(C)c(C)o1)NCCN1CCOCC1. The highest BCUT2D eigenvalue weighted by Crippen LogP contribution is 2.08. The summed E-state index contributed by atoms with van der Waals surface area (Å²) in [6.45, 7) is 12.7. The summed E-state index contributed by atoms with van der Waals surface area (Å²) in [5.74, 6) is 2.31. The van der Waals surface area contributed by atoms with Crippen LogP contribution in [-0.4, -0.2) is 61.8 Å². The van der Waals surface area contributed by atoms with Crippen molar-refractivity contribution in [2.24, 2.45) is 4.99 Å². The summed E-state index contributed by atoms with van der Waals surface area (Å²) in [5.41, 5.74) is 0.926. The molecule has 1 fully saturated rings. The van der Waals surface area contributed by atoms with Crippen molar-refractivity contribution in [3.05, 3.63) is 17.3 Å². The molecule has 0 atom stereocenters. The van der Waals surface area contributed by atoms with Gasteiger partial charge < -0.3 is 19.8 Å². The predicted octanol–water partition coefficient (Wildman–Crippen LogP) is 0.679. The van der Waals surface area contributed by atoms with E-state index in [1.807, 2.05) is 13.8 Å². The first-order chi connectivity index (χ1) is 10.7. The Morgan fingerprint density at radius 3 is 2.68 bits per heavy atom. The second kappa shape index (κ2) is 8.75. The number of ether oxygens (including phenoxy) is 1. The lowest BCUT2D eigenvalue weighted by Gasteiger charge is -2.26. The number of guanidine groups is 1. The lowest BCUT2D eigenvalue weighted by atomic mass is 10.4. The van der Waals surface area contributed by atoms with E-state index in [-0.39, 0.29) is 0 Å². The van der Waals surface area contributed by atoms with Crippen LogP contribution in [0.15, 0.2) is 9.41 Å². The van der Waals surface area contributed by atoms with Gasteiger partial charge in [-0.1, -0.05) is 0 Å². The molecule has 1 saturated heterocycles. The van der Waals surface area contributed by atoms with Gasteiger partial charge in [-0.15, -0.1) is 0 Å². The summed E-state index contributed by atoms with van der Waals surface area (Å²) in [6.07, 6.45) is 0. The van der Waals surface area contributed by atoms with Crippen LogP contribution in [0.5, 0.6) is 0 Å². The highest BCUT2D eigenvalue weighted by Gasteiger charge is 2.10. The number of nitrogens with one attached hydrogen (secondary N) is 2. The van der Waals surface area contributed by atoms with E-state index >= 15 is 0 Å². The van der Waals surface area contributed by atoms with E-state index in [0.717, 1.165) is 63.4 Å². The van der Waals surface area contributed by atoms with Crippen molar-refractivity contribution >= 4 is 5.96 Å². The summed E-state index contributed by atoms with van der Waals surface area (Å²) in [7, 11) is 0. The standard InChI is InChI=1S/C15H27N5O2/c1-4-16-15(17-5-6-20-7-9-21-10-8-20)18-11-14-19-12(2)13(3)22-14/h4-11H2,1-3H3,(H2,16,17,18). The fourth-order valence-electron chi connectivity index (χ4n) is 2.25. The molecule has 1 aliphatic rings. The quantitative estimate of drug-likeness (QED) is 0.594. The Kier molecular flexibility index (Phi) is 6.67. The summed E-state index contributed by atoms with van der Waals surface area (Å²) in [6, 6.07) is 0. The van der Waals surface area contributed by atoms with Crippen LogP contribution in [0, 0.1) is 13.8 Å². The zero-order valence-corrected chi connectivity index (χ0v) is 13.8. The number of rotatable bonds is 6. The number of aryl methyl sites for hydroxylation is 2. The van der Waals surface area contributed by atoms with Crippen LogP contribution in [0.2, 0.25) is 0 Å². The minimum atomic E-state index is 0.446. The van der Waals surface area contributed by atoms with Crippen molar-refractivity contribution in [3.8, 4) is 0 Å². The summed E-state index contributed by atoms with van der Waals surface area (Å²) in [5, 5.41) is 6.58. The van der Waals surface area contributed by atoms with Gasteiger partial charge in [0, 0.05) is 32.7 Å². The third kappa shape index (κ3) is 5.31. The minimum absolute atomic E-state index is 0.446. The molecule has 22 heavy (non-hydrogen) atoms. The maximum atomic E-state index is 5.55. The number of nitrogens with zero attached hydrogens (tertiary/aromatic N) is 3. The van der Waals surface area contributed by atoms with Gasteiger partial charge in [0.2, 0.25) is 5.89 Å². The molecule has 7 heteroatoms. The monoisotopic (exact) mass is 309 g/mol. The molecule has 7 nitrogen and oxygen atoms in total. The van der Waals surface area contributed by atoms with Gasteiger partial charge >= 0.3 is 0 Å². The van der Waals surface area contributed by atoms with Crippen LogP contribution in [0.1, 0.15) is 24.3 Å². The molecule has 0 saturated carbocycles. The highest BCUT2D eigenvalue weighted by atomic mass is 16.5. The Hall–Kier alpha value is -1.60. The van der Waals surface area contributed by atoms with E-state index in [1.54, 1.807) is 0 Å². The molecule has 0 unspecified atom stereocenters. The first-order valence-corrected chi connectivity index (χ1v) is 7.94. The highest BCUT2D eigenvalue weighted by molar-refractivity contribution is 5.79. The Morgan fingerprint density at radius 1 is 1.27 bits per heavy atom. The first-order valence-electron chi connectivity index (χ1n) is 7.94. The molecule has 0 bridgehead atoms. The molecule has 0 amide bonds. The average molecular weight is 309 g/mol. The van der Waals surface area contributed by atoms with Crippen LogP contribution in [0.4, 0.5) is 0 Å². The summed E-state index contributed by atoms with van der Waals surface area (Å²) < 4.78 is 10.9. The molecule has 0 aliphatic carbocycles. The average Bonchev–Trinajstić information content (AvgIpc) is 2.84. The van der Waals surface area contributed by atoms with Gasteiger partial charge in [-0.2, -0.15) is 0 Å². The Morgan fingerprint density at radius 2 is 2.05 bits per heavy atom. The van der Waals surface area contributed by atoms with Gasteiger partial charge in [-0.05, 0) is 20.8 Å². The Bertz CT molecular complexity index is 461. The fraction of sp³-hybridized carbons (Fsp3) is 0.733. The van der Waals surface area contributed by atoms with E-state index in [9.17, 15) is 0 Å². The van der Waals surface area contributed by atoms with Crippen molar-refractivity contribution in [3.63, 3.8) is 0 Å². The number of aromatic nitrogens is 1. The van der Waals surface area contributed by atoms with E-state index in [1.165, 1.54) is 0 Å². The molecule has 2 N–H and O–H groups in total. The van der Waals surface area contributed by atoms with Crippen LogP contribution in [0.25, 0.3) is 0 Å². The molecule has 124 valence electrons. The van der Waals surface area contributed by atoms with E-state index in [2.05, 4.69) is 32.4 Å². The van der Waals surface area contributed by atoms with Gasteiger partial charge in [0.1, 0.15) is 12.3 Å². The smallest absolute Gasteiger partial charge is 0.216 e. The third-order valence-corrected chi connectivity index (χ3v) is 3.61. The largest absolute Gasteiger partial charge is 0.444 e. The zero-order chi connectivity index (χ0) is 15.8. The summed E-state index contributed by atoms with van der Waals surface area (Å²) >= 11 is 0. The van der Waals surface area contributed by atoms with Gasteiger partial charge in [0.25, 0.3) is 0 Å². The molecular formula is C15H27N5O2. The summed E-state index contributed by atoms with van der Waals surface area (Å²) in [4.78, 5) is 11.3. The van der Waals surface area contributed by atoms with E-state index < -0.39 is 0 Å². The maximum absolute atomic E-state index is 5.55. The fourth-order valence-corrected chi connectivity index (χ4v) is 2.25. The Labute approximate surface area is 132 Å². The molecule has 1 aromatic rings. The molecule has 0 spiro atoms. The molecule has 0 radical (unpaired) electrons. The van der Waals surface area contributed by atoms with E-state index in [4.69, 9.17) is 9.15 Å². The molecule has 1 aliphatic heterocycles. The third-order valence-electron chi connectivity index (χ3n) is 3.61. The topological polar surface area (TPSA) is 74.9 Å². The van der Waals surface area contributed by atoms with Gasteiger partial charge in [0.15, 0.2) is 5.96 Å². The van der Waals surface area contributed by atoms with Gasteiger partial charge in [0.05, 0.1) is 18.9 Å². The van der Waals surface area contributed by atoms with Crippen molar-refractivity contribution in [2.75, 3.05) is 45.9 Å². The van der Waals surface area contributed by atoms with Crippen molar-refractivity contribution in [2.45, 2.75) is 27.3 Å². The second-order valence-electron chi connectivity index (χ2n) is 5.33. The lowest BCUT2D eigenvalue weighted by Crippen LogP contribution is -2.44. The molecule has 2 rings (SSSR count). The first kappa shape index (κ1) is 16.8. The minimum Gasteiger partial charge on any atom is -0.444 e. The lowest BCUT2D eigenvalue weighted by molar-refractivity contribution is 0.0389. The Balaban J connectivity index is 1.78. The molecular weight excluding hydrogens is 282 g/mol. The molecule has 2 heterocycles.